The molecule has 1 N–H and O–H groups in total. The summed E-state index contributed by atoms with van der Waals surface area (Å²) in [7, 11) is 4.70. The van der Waals surface area contributed by atoms with E-state index in [4.69, 9.17) is 14.2 Å². The Bertz CT molecular complexity index is 543. The topological polar surface area (TPSA) is 56.8 Å². The van der Waals surface area contributed by atoms with E-state index < -0.39 is 0 Å². The fourth-order valence-corrected chi connectivity index (χ4v) is 2.79. The second-order valence-corrected chi connectivity index (χ2v) is 5.66. The van der Waals surface area contributed by atoms with Gasteiger partial charge >= 0.3 is 0 Å². The highest BCUT2D eigenvalue weighted by Gasteiger charge is 2.16. The summed E-state index contributed by atoms with van der Waals surface area (Å²) < 4.78 is 15.9. The van der Waals surface area contributed by atoms with Crippen molar-refractivity contribution in [3.8, 4) is 17.2 Å². The van der Waals surface area contributed by atoms with Gasteiger partial charge in [0.25, 0.3) is 0 Å². The van der Waals surface area contributed by atoms with Crippen LogP contribution in [0.2, 0.25) is 0 Å². The summed E-state index contributed by atoms with van der Waals surface area (Å²) >= 11 is 0. The summed E-state index contributed by atoms with van der Waals surface area (Å²) in [5.74, 6) is 2.21. The van der Waals surface area contributed by atoms with Crippen LogP contribution in [0, 0.1) is 5.92 Å². The standard InChI is InChI=1S/C18H25NO4/c1-21-15-9-14(10-16(22-2)18(15)23-3)11-17(20)19-12-13-7-5-4-6-8-13/h4-5,9-10,13H,6-8,11-12H2,1-3H3,(H,19,20). The van der Waals surface area contributed by atoms with Crippen molar-refractivity contribution in [1.82, 2.24) is 5.32 Å². The van der Waals surface area contributed by atoms with E-state index in [1.165, 1.54) is 0 Å². The van der Waals surface area contributed by atoms with Crippen LogP contribution in [-0.4, -0.2) is 33.8 Å². The number of amides is 1. The lowest BCUT2D eigenvalue weighted by Crippen LogP contribution is -2.30. The minimum atomic E-state index is 0.00817. The van der Waals surface area contributed by atoms with Gasteiger partial charge in [-0.15, -0.1) is 0 Å². The molecule has 0 heterocycles. The molecule has 0 radical (unpaired) electrons. The van der Waals surface area contributed by atoms with E-state index >= 15 is 0 Å². The predicted molar refractivity (Wildman–Crippen MR) is 89.3 cm³/mol. The molecule has 0 saturated carbocycles. The van der Waals surface area contributed by atoms with E-state index in [0.717, 1.165) is 31.4 Å². The first-order chi connectivity index (χ1) is 11.2. The number of hydrogen-bond acceptors (Lipinski definition) is 4. The zero-order valence-electron chi connectivity index (χ0n) is 14.1. The van der Waals surface area contributed by atoms with Crippen LogP contribution >= 0.6 is 0 Å². The Morgan fingerprint density at radius 3 is 2.35 bits per heavy atom. The molecule has 0 spiro atoms. The van der Waals surface area contributed by atoms with Gasteiger partial charge in [0.05, 0.1) is 27.8 Å². The minimum Gasteiger partial charge on any atom is -0.493 e. The molecule has 1 atom stereocenters. The summed E-state index contributed by atoms with van der Waals surface area (Å²) in [6, 6.07) is 3.62. The molecule has 1 amide bonds. The third-order valence-electron chi connectivity index (χ3n) is 4.05. The molecular weight excluding hydrogens is 294 g/mol. The zero-order valence-corrected chi connectivity index (χ0v) is 14.1. The van der Waals surface area contributed by atoms with Crippen molar-refractivity contribution in [2.75, 3.05) is 27.9 Å². The van der Waals surface area contributed by atoms with E-state index in [0.29, 0.717) is 29.6 Å². The normalized spacial score (nSPS) is 16.7. The highest BCUT2D eigenvalue weighted by molar-refractivity contribution is 5.79. The lowest BCUT2D eigenvalue weighted by molar-refractivity contribution is -0.120. The summed E-state index contributed by atoms with van der Waals surface area (Å²) in [5, 5.41) is 3.02. The van der Waals surface area contributed by atoms with Crippen molar-refractivity contribution in [2.45, 2.75) is 25.7 Å². The molecule has 1 aliphatic carbocycles. The third-order valence-corrected chi connectivity index (χ3v) is 4.05. The number of carbonyl (C=O) groups is 1. The number of ether oxygens (including phenoxy) is 3. The quantitative estimate of drug-likeness (QED) is 0.785. The number of rotatable bonds is 7. The van der Waals surface area contributed by atoms with Crippen LogP contribution in [0.1, 0.15) is 24.8 Å². The summed E-state index contributed by atoms with van der Waals surface area (Å²) in [5.41, 5.74) is 0.834. The van der Waals surface area contributed by atoms with Gasteiger partial charge in [0.15, 0.2) is 11.5 Å². The fourth-order valence-electron chi connectivity index (χ4n) is 2.79. The number of methoxy groups -OCH3 is 3. The molecule has 1 unspecified atom stereocenters. The molecule has 2 rings (SSSR count). The van der Waals surface area contributed by atoms with Crippen molar-refractivity contribution >= 4 is 5.91 Å². The Labute approximate surface area is 137 Å². The molecule has 0 aliphatic heterocycles. The Kier molecular flexibility index (Phi) is 6.32. The van der Waals surface area contributed by atoms with Gasteiger partial charge in [-0.05, 0) is 42.9 Å². The number of allylic oxidation sites excluding steroid dienone is 2. The number of carbonyl (C=O) groups excluding carboxylic acids is 1. The van der Waals surface area contributed by atoms with Crippen LogP contribution in [0.15, 0.2) is 24.3 Å². The second-order valence-electron chi connectivity index (χ2n) is 5.66. The van der Waals surface area contributed by atoms with E-state index in [1.807, 2.05) is 12.1 Å². The van der Waals surface area contributed by atoms with Crippen molar-refractivity contribution in [2.24, 2.45) is 5.92 Å². The van der Waals surface area contributed by atoms with Crippen molar-refractivity contribution < 1.29 is 19.0 Å². The summed E-state index contributed by atoms with van der Waals surface area (Å²) in [6.07, 6.45) is 7.98. The van der Waals surface area contributed by atoms with E-state index in [1.54, 1.807) is 21.3 Å². The van der Waals surface area contributed by atoms with Gasteiger partial charge in [-0.1, -0.05) is 12.2 Å². The number of hydrogen-bond donors (Lipinski definition) is 1. The molecule has 1 aromatic rings. The van der Waals surface area contributed by atoms with Crippen molar-refractivity contribution in [3.63, 3.8) is 0 Å². The first-order valence-electron chi connectivity index (χ1n) is 7.88. The van der Waals surface area contributed by atoms with E-state index in [2.05, 4.69) is 17.5 Å². The molecule has 0 saturated heterocycles. The number of nitrogens with one attached hydrogen (secondary N) is 1. The summed E-state index contributed by atoms with van der Waals surface area (Å²) in [6.45, 7) is 0.730. The van der Waals surface area contributed by atoms with Crippen LogP contribution in [0.25, 0.3) is 0 Å². The van der Waals surface area contributed by atoms with Crippen LogP contribution in [-0.2, 0) is 11.2 Å². The molecule has 0 fully saturated rings. The van der Waals surface area contributed by atoms with Crippen molar-refractivity contribution in [1.29, 1.82) is 0 Å². The Balaban J connectivity index is 1.98. The smallest absolute Gasteiger partial charge is 0.224 e. The molecule has 23 heavy (non-hydrogen) atoms. The van der Waals surface area contributed by atoms with Gasteiger partial charge in [-0.25, -0.2) is 0 Å². The maximum atomic E-state index is 12.2. The highest BCUT2D eigenvalue weighted by atomic mass is 16.5. The first kappa shape index (κ1) is 17.2. The van der Waals surface area contributed by atoms with E-state index in [-0.39, 0.29) is 5.91 Å². The SMILES string of the molecule is COc1cc(CC(=O)NCC2CC=CCC2)cc(OC)c1OC. The molecule has 1 aliphatic rings. The van der Waals surface area contributed by atoms with Gasteiger partial charge in [0.1, 0.15) is 0 Å². The fraction of sp³-hybridized carbons (Fsp3) is 0.500. The number of benzene rings is 1. The van der Waals surface area contributed by atoms with Crippen molar-refractivity contribution in [3.05, 3.63) is 29.8 Å². The first-order valence-corrected chi connectivity index (χ1v) is 7.88. The van der Waals surface area contributed by atoms with Crippen LogP contribution in [0.5, 0.6) is 17.2 Å². The predicted octanol–water partition coefficient (Wildman–Crippen LogP) is 2.73. The highest BCUT2D eigenvalue weighted by Crippen LogP contribution is 2.38. The van der Waals surface area contributed by atoms with Gasteiger partial charge in [0, 0.05) is 6.54 Å². The van der Waals surface area contributed by atoms with Gasteiger partial charge in [-0.2, -0.15) is 0 Å². The van der Waals surface area contributed by atoms with Crippen LogP contribution < -0.4 is 19.5 Å². The molecule has 5 heteroatoms. The van der Waals surface area contributed by atoms with Crippen LogP contribution in [0.4, 0.5) is 0 Å². The second kappa shape index (κ2) is 8.46. The maximum absolute atomic E-state index is 12.2. The van der Waals surface area contributed by atoms with E-state index in [9.17, 15) is 4.79 Å². The van der Waals surface area contributed by atoms with Gasteiger partial charge < -0.3 is 19.5 Å². The van der Waals surface area contributed by atoms with Gasteiger partial charge in [-0.3, -0.25) is 4.79 Å². The zero-order chi connectivity index (χ0) is 16.7. The Hall–Kier alpha value is -2.17. The molecule has 5 nitrogen and oxygen atoms in total. The Morgan fingerprint density at radius 1 is 1.13 bits per heavy atom. The Morgan fingerprint density at radius 2 is 1.83 bits per heavy atom. The average Bonchev–Trinajstić information content (AvgIpc) is 2.59. The molecular formula is C18H25NO4. The molecule has 126 valence electrons. The third kappa shape index (κ3) is 4.65. The molecule has 1 aromatic carbocycles. The lowest BCUT2D eigenvalue weighted by Gasteiger charge is -2.18. The maximum Gasteiger partial charge on any atom is 0.224 e. The lowest BCUT2D eigenvalue weighted by atomic mass is 9.94. The molecule has 0 aromatic heterocycles. The monoisotopic (exact) mass is 319 g/mol. The van der Waals surface area contributed by atoms with Crippen LogP contribution in [0.3, 0.4) is 0 Å². The molecule has 0 bridgehead atoms. The minimum absolute atomic E-state index is 0.00817. The van der Waals surface area contributed by atoms with Gasteiger partial charge in [0.2, 0.25) is 11.7 Å². The average molecular weight is 319 g/mol. The largest absolute Gasteiger partial charge is 0.493 e. The summed E-state index contributed by atoms with van der Waals surface area (Å²) in [4.78, 5) is 12.2.